The number of likely N-dealkylation sites (N-methyl/N-ethyl adjacent to an activating group) is 1. The first-order valence-electron chi connectivity index (χ1n) is 7.45. The summed E-state index contributed by atoms with van der Waals surface area (Å²) in [5.74, 6) is 2.66. The summed E-state index contributed by atoms with van der Waals surface area (Å²) in [7, 11) is 2.13. The zero-order valence-electron chi connectivity index (χ0n) is 12.5. The first kappa shape index (κ1) is 13.0. The minimum atomic E-state index is 0.280. The van der Waals surface area contributed by atoms with Crippen molar-refractivity contribution in [3.63, 3.8) is 0 Å². The van der Waals surface area contributed by atoms with Crippen LogP contribution in [0.2, 0.25) is 0 Å². The molecule has 1 aliphatic carbocycles. The Morgan fingerprint density at radius 2 is 2.11 bits per heavy atom. The SMILES string of the molecule is CC1=CC(C)[C@H]2COC(C3=CC=CN(C)C3)[C@@H]1C2C. The summed E-state index contributed by atoms with van der Waals surface area (Å²) < 4.78 is 6.27. The molecular weight excluding hydrogens is 234 g/mol. The van der Waals surface area contributed by atoms with Gasteiger partial charge >= 0.3 is 0 Å². The van der Waals surface area contributed by atoms with Crippen LogP contribution in [-0.4, -0.2) is 31.2 Å². The maximum Gasteiger partial charge on any atom is 0.0873 e. The molecule has 0 saturated carbocycles. The predicted molar refractivity (Wildman–Crippen MR) is 78.7 cm³/mol. The van der Waals surface area contributed by atoms with Gasteiger partial charge in [-0.15, -0.1) is 0 Å². The Morgan fingerprint density at radius 3 is 2.84 bits per heavy atom. The molecule has 19 heavy (non-hydrogen) atoms. The van der Waals surface area contributed by atoms with Gasteiger partial charge in [0.05, 0.1) is 12.7 Å². The summed E-state index contributed by atoms with van der Waals surface area (Å²) in [5, 5.41) is 0. The van der Waals surface area contributed by atoms with Crippen molar-refractivity contribution in [1.82, 2.24) is 4.90 Å². The van der Waals surface area contributed by atoms with Gasteiger partial charge in [-0.3, -0.25) is 0 Å². The van der Waals surface area contributed by atoms with Crippen LogP contribution in [0.25, 0.3) is 0 Å². The molecule has 2 nitrogen and oxygen atoms in total. The van der Waals surface area contributed by atoms with Gasteiger partial charge in [0.15, 0.2) is 0 Å². The third kappa shape index (κ3) is 2.16. The van der Waals surface area contributed by atoms with E-state index in [9.17, 15) is 0 Å². The Labute approximate surface area is 116 Å². The lowest BCUT2D eigenvalue weighted by Gasteiger charge is -2.48. The molecule has 2 aliphatic heterocycles. The number of fused-ring (bicyclic) bond motifs is 2. The summed E-state index contributed by atoms with van der Waals surface area (Å²) in [6.07, 6.45) is 9.28. The van der Waals surface area contributed by atoms with Crippen molar-refractivity contribution in [1.29, 1.82) is 0 Å². The van der Waals surface area contributed by atoms with Crippen molar-refractivity contribution in [3.05, 3.63) is 35.6 Å². The summed E-state index contributed by atoms with van der Waals surface area (Å²) in [5.41, 5.74) is 2.96. The van der Waals surface area contributed by atoms with Crippen molar-refractivity contribution in [2.75, 3.05) is 20.2 Å². The van der Waals surface area contributed by atoms with E-state index in [0.717, 1.165) is 19.1 Å². The highest BCUT2D eigenvalue weighted by atomic mass is 16.5. The lowest BCUT2D eigenvalue weighted by molar-refractivity contribution is -0.0753. The predicted octanol–water partition coefficient (Wildman–Crippen LogP) is 3.24. The van der Waals surface area contributed by atoms with Crippen molar-refractivity contribution >= 4 is 0 Å². The minimum absolute atomic E-state index is 0.280. The minimum Gasteiger partial charge on any atom is -0.376 e. The van der Waals surface area contributed by atoms with E-state index in [1.807, 2.05) is 0 Å². The van der Waals surface area contributed by atoms with Gasteiger partial charge in [0, 0.05) is 19.5 Å². The van der Waals surface area contributed by atoms with Crippen LogP contribution in [0.15, 0.2) is 35.6 Å². The zero-order chi connectivity index (χ0) is 13.6. The number of hydrogen-bond donors (Lipinski definition) is 0. The van der Waals surface area contributed by atoms with Crippen LogP contribution in [0.5, 0.6) is 0 Å². The van der Waals surface area contributed by atoms with Gasteiger partial charge in [-0.1, -0.05) is 31.6 Å². The summed E-state index contributed by atoms with van der Waals surface area (Å²) in [6, 6.07) is 0. The van der Waals surface area contributed by atoms with Crippen LogP contribution >= 0.6 is 0 Å². The van der Waals surface area contributed by atoms with Crippen LogP contribution < -0.4 is 0 Å². The van der Waals surface area contributed by atoms with E-state index in [1.165, 1.54) is 11.1 Å². The molecule has 1 saturated heterocycles. The number of ether oxygens (including phenoxy) is 1. The van der Waals surface area contributed by atoms with E-state index in [1.54, 1.807) is 0 Å². The molecule has 0 spiro atoms. The van der Waals surface area contributed by atoms with Gasteiger partial charge in [-0.25, -0.2) is 0 Å². The fourth-order valence-corrected chi connectivity index (χ4v) is 4.18. The summed E-state index contributed by atoms with van der Waals surface area (Å²) in [4.78, 5) is 2.24. The Balaban J connectivity index is 1.90. The van der Waals surface area contributed by atoms with Crippen LogP contribution in [-0.2, 0) is 4.74 Å². The smallest absolute Gasteiger partial charge is 0.0873 e. The van der Waals surface area contributed by atoms with Gasteiger partial charge in [-0.05, 0) is 42.5 Å². The zero-order valence-corrected chi connectivity index (χ0v) is 12.5. The number of allylic oxidation sites excluding steroid dienone is 3. The topological polar surface area (TPSA) is 12.5 Å². The molecule has 5 atom stereocenters. The molecule has 104 valence electrons. The first-order chi connectivity index (χ1) is 9.08. The Hall–Kier alpha value is -1.02. The average molecular weight is 259 g/mol. The third-order valence-electron chi connectivity index (χ3n) is 5.21. The van der Waals surface area contributed by atoms with E-state index >= 15 is 0 Å². The number of nitrogens with zero attached hydrogens (tertiary/aromatic N) is 1. The first-order valence-corrected chi connectivity index (χ1v) is 7.45. The molecule has 2 bridgehead atoms. The second kappa shape index (κ2) is 4.82. The van der Waals surface area contributed by atoms with Crippen molar-refractivity contribution in [2.45, 2.75) is 26.9 Å². The molecule has 0 aromatic carbocycles. The van der Waals surface area contributed by atoms with Gasteiger partial charge in [0.2, 0.25) is 0 Å². The fraction of sp³-hybridized carbons (Fsp3) is 0.647. The fourth-order valence-electron chi connectivity index (χ4n) is 4.18. The Kier molecular flexibility index (Phi) is 3.30. The molecule has 3 aliphatic rings. The van der Waals surface area contributed by atoms with Gasteiger partial charge < -0.3 is 9.64 Å². The van der Waals surface area contributed by atoms with Crippen molar-refractivity contribution in [3.8, 4) is 0 Å². The van der Waals surface area contributed by atoms with Crippen molar-refractivity contribution in [2.24, 2.45) is 23.7 Å². The monoisotopic (exact) mass is 259 g/mol. The molecule has 0 aromatic heterocycles. The van der Waals surface area contributed by atoms with Gasteiger partial charge in [0.1, 0.15) is 0 Å². The molecular formula is C17H25NO. The normalized spacial score (nSPS) is 41.9. The van der Waals surface area contributed by atoms with E-state index in [-0.39, 0.29) is 6.10 Å². The molecule has 2 heteroatoms. The molecule has 2 heterocycles. The van der Waals surface area contributed by atoms with E-state index in [2.05, 4.69) is 57.1 Å². The molecule has 0 aromatic rings. The standard InChI is InChI=1S/C17H25NO/c1-11-8-12(2)16-13(3)15(11)10-19-17(16)14-6-5-7-18(4)9-14/h5-8,11,13,15-17H,9-10H2,1-4H3/t11?,13?,15-,16+,17?/m1/s1. The maximum absolute atomic E-state index is 6.27. The second-order valence-electron chi connectivity index (χ2n) is 6.57. The van der Waals surface area contributed by atoms with E-state index in [0.29, 0.717) is 17.8 Å². The van der Waals surface area contributed by atoms with E-state index < -0.39 is 0 Å². The summed E-state index contributed by atoms with van der Waals surface area (Å²) in [6.45, 7) is 8.95. The second-order valence-corrected chi connectivity index (χ2v) is 6.57. The molecule has 3 unspecified atom stereocenters. The Morgan fingerprint density at radius 1 is 1.32 bits per heavy atom. The lowest BCUT2D eigenvalue weighted by Crippen LogP contribution is -2.48. The molecule has 0 radical (unpaired) electrons. The van der Waals surface area contributed by atoms with Crippen LogP contribution in [0, 0.1) is 23.7 Å². The number of hydrogen-bond acceptors (Lipinski definition) is 2. The van der Waals surface area contributed by atoms with Crippen LogP contribution in [0.4, 0.5) is 0 Å². The number of rotatable bonds is 1. The van der Waals surface area contributed by atoms with Crippen molar-refractivity contribution < 1.29 is 4.74 Å². The maximum atomic E-state index is 6.27. The van der Waals surface area contributed by atoms with E-state index in [4.69, 9.17) is 4.74 Å². The highest BCUT2D eigenvalue weighted by Crippen LogP contribution is 2.46. The molecule has 1 fully saturated rings. The quantitative estimate of drug-likeness (QED) is 0.670. The van der Waals surface area contributed by atoms with Crippen LogP contribution in [0.3, 0.4) is 0 Å². The largest absolute Gasteiger partial charge is 0.376 e. The lowest BCUT2D eigenvalue weighted by atomic mass is 9.64. The Bertz CT molecular complexity index is 448. The summed E-state index contributed by atoms with van der Waals surface area (Å²) >= 11 is 0. The van der Waals surface area contributed by atoms with Gasteiger partial charge in [-0.2, -0.15) is 0 Å². The highest BCUT2D eigenvalue weighted by Gasteiger charge is 2.44. The highest BCUT2D eigenvalue weighted by molar-refractivity contribution is 5.29. The third-order valence-corrected chi connectivity index (χ3v) is 5.21. The molecule has 3 rings (SSSR count). The molecule has 0 N–H and O–H groups in total. The molecule has 0 amide bonds. The van der Waals surface area contributed by atoms with Crippen LogP contribution in [0.1, 0.15) is 20.8 Å². The average Bonchev–Trinajstić information content (AvgIpc) is 2.35. The van der Waals surface area contributed by atoms with Gasteiger partial charge in [0.25, 0.3) is 0 Å².